The van der Waals surface area contributed by atoms with E-state index in [-0.39, 0.29) is 5.91 Å². The van der Waals surface area contributed by atoms with E-state index in [2.05, 4.69) is 51.3 Å². The van der Waals surface area contributed by atoms with Crippen molar-refractivity contribution in [1.82, 2.24) is 10.3 Å². The fraction of sp³-hybridized carbons (Fsp3) is 0.269. The zero-order valence-corrected chi connectivity index (χ0v) is 18.3. The van der Waals surface area contributed by atoms with Crippen LogP contribution in [0.1, 0.15) is 21.5 Å². The normalized spacial score (nSPS) is 14.7. The van der Waals surface area contributed by atoms with Gasteiger partial charge < -0.3 is 19.9 Å². The summed E-state index contributed by atoms with van der Waals surface area (Å²) in [5.41, 5.74) is 4.01. The average Bonchev–Trinajstić information content (AvgIpc) is 2.84. The van der Waals surface area contributed by atoms with E-state index in [4.69, 9.17) is 0 Å². The van der Waals surface area contributed by atoms with Crippen LogP contribution in [-0.4, -0.2) is 49.4 Å². The topological polar surface area (TPSA) is 65.5 Å². The first-order chi connectivity index (χ1) is 15.7. The Morgan fingerprint density at radius 1 is 0.969 bits per heavy atom. The van der Waals surface area contributed by atoms with Gasteiger partial charge in [-0.25, -0.2) is 4.98 Å². The second-order valence-corrected chi connectivity index (χ2v) is 8.04. The predicted molar refractivity (Wildman–Crippen MR) is 127 cm³/mol. The van der Waals surface area contributed by atoms with Gasteiger partial charge in [-0.2, -0.15) is 0 Å². The summed E-state index contributed by atoms with van der Waals surface area (Å²) in [7, 11) is 0. The van der Waals surface area contributed by atoms with Gasteiger partial charge in [0.25, 0.3) is 5.91 Å². The van der Waals surface area contributed by atoms with Crippen LogP contribution >= 0.6 is 0 Å². The van der Waals surface area contributed by atoms with Crippen molar-refractivity contribution < 1.29 is 9.59 Å². The minimum absolute atomic E-state index is 0.275. The second kappa shape index (κ2) is 10.1. The van der Waals surface area contributed by atoms with Crippen molar-refractivity contribution >= 4 is 23.7 Å². The third kappa shape index (κ3) is 4.97. The van der Waals surface area contributed by atoms with E-state index < -0.39 is 6.04 Å². The quantitative estimate of drug-likeness (QED) is 0.585. The molecule has 1 aliphatic heterocycles. The number of pyridine rings is 1. The molecule has 164 valence electrons. The number of nitrogens with one attached hydrogen (secondary N) is 1. The summed E-state index contributed by atoms with van der Waals surface area (Å²) in [5, 5.41) is 2.87. The van der Waals surface area contributed by atoms with Gasteiger partial charge in [0.1, 0.15) is 12.1 Å². The molecule has 1 aliphatic rings. The molecule has 0 saturated carbocycles. The fourth-order valence-electron chi connectivity index (χ4n) is 4.15. The average molecular weight is 429 g/mol. The maximum absolute atomic E-state index is 13.1. The Hall–Kier alpha value is -3.67. The lowest BCUT2D eigenvalue weighted by molar-refractivity contribution is -0.109. The number of carbonyl (C=O) groups is 2. The van der Waals surface area contributed by atoms with Crippen molar-refractivity contribution in [2.24, 2.45) is 0 Å². The molecule has 3 aromatic rings. The summed E-state index contributed by atoms with van der Waals surface area (Å²) >= 11 is 0. The molecule has 1 aromatic heterocycles. The van der Waals surface area contributed by atoms with Gasteiger partial charge in [-0.1, -0.05) is 48.5 Å². The van der Waals surface area contributed by atoms with Gasteiger partial charge in [0, 0.05) is 38.1 Å². The molecular weight excluding hydrogens is 400 g/mol. The zero-order valence-electron chi connectivity index (χ0n) is 18.3. The SMILES string of the molecule is Cc1ccccc1N1CCN(c2ncccc2C(=O)NC(C=O)Cc2ccccc2)CC1. The molecule has 6 heteroatoms. The first kappa shape index (κ1) is 21.6. The van der Waals surface area contributed by atoms with Crippen LogP contribution in [0.4, 0.5) is 11.5 Å². The summed E-state index contributed by atoms with van der Waals surface area (Å²) < 4.78 is 0. The Morgan fingerprint density at radius 2 is 1.66 bits per heavy atom. The Kier molecular flexibility index (Phi) is 6.80. The van der Waals surface area contributed by atoms with Gasteiger partial charge in [0.2, 0.25) is 0 Å². The third-order valence-corrected chi connectivity index (χ3v) is 5.85. The number of aromatic nitrogens is 1. The van der Waals surface area contributed by atoms with E-state index >= 15 is 0 Å². The standard InChI is InChI=1S/C26H28N4O2/c1-20-8-5-6-12-24(20)29-14-16-30(17-15-29)25-23(11-7-13-27-25)26(32)28-22(19-31)18-21-9-3-2-4-10-21/h2-13,19,22H,14-18H2,1H3,(H,28,32). The highest BCUT2D eigenvalue weighted by molar-refractivity contribution is 6.00. The van der Waals surface area contributed by atoms with Gasteiger partial charge in [0.05, 0.1) is 11.6 Å². The second-order valence-electron chi connectivity index (χ2n) is 8.04. The highest BCUT2D eigenvalue weighted by Crippen LogP contribution is 2.24. The number of carbonyl (C=O) groups excluding carboxylic acids is 2. The van der Waals surface area contributed by atoms with Crippen molar-refractivity contribution in [3.63, 3.8) is 0 Å². The van der Waals surface area contributed by atoms with E-state index in [9.17, 15) is 9.59 Å². The van der Waals surface area contributed by atoms with Gasteiger partial charge in [-0.05, 0) is 42.7 Å². The molecule has 6 nitrogen and oxygen atoms in total. The summed E-state index contributed by atoms with van der Waals surface area (Å²) in [4.78, 5) is 33.7. The van der Waals surface area contributed by atoms with E-state index in [0.29, 0.717) is 17.8 Å². The minimum atomic E-state index is -0.587. The Balaban J connectivity index is 1.44. The van der Waals surface area contributed by atoms with E-state index in [1.807, 2.05) is 30.3 Å². The maximum atomic E-state index is 13.1. The molecule has 0 aliphatic carbocycles. The molecule has 2 heterocycles. The fourth-order valence-corrected chi connectivity index (χ4v) is 4.15. The lowest BCUT2D eigenvalue weighted by Gasteiger charge is -2.38. The third-order valence-electron chi connectivity index (χ3n) is 5.85. The summed E-state index contributed by atoms with van der Waals surface area (Å²) in [6.45, 7) is 5.38. The Bertz CT molecular complexity index is 1060. The monoisotopic (exact) mass is 428 g/mol. The number of hydrogen-bond acceptors (Lipinski definition) is 5. The molecular formula is C26H28N4O2. The van der Waals surface area contributed by atoms with Crippen LogP contribution in [0.5, 0.6) is 0 Å². The number of anilines is 2. The highest BCUT2D eigenvalue weighted by atomic mass is 16.2. The lowest BCUT2D eigenvalue weighted by atomic mass is 10.1. The number of piperazine rings is 1. The first-order valence-corrected chi connectivity index (χ1v) is 11.0. The number of hydrogen-bond donors (Lipinski definition) is 1. The van der Waals surface area contributed by atoms with E-state index in [0.717, 1.165) is 38.0 Å². The van der Waals surface area contributed by atoms with Crippen LogP contribution in [0.15, 0.2) is 72.9 Å². The Morgan fingerprint density at radius 3 is 2.38 bits per heavy atom. The number of para-hydroxylation sites is 1. The van der Waals surface area contributed by atoms with Crippen molar-refractivity contribution in [1.29, 1.82) is 0 Å². The molecule has 1 N–H and O–H groups in total. The number of nitrogens with zero attached hydrogens (tertiary/aromatic N) is 3. The van der Waals surface area contributed by atoms with Crippen molar-refractivity contribution in [3.8, 4) is 0 Å². The van der Waals surface area contributed by atoms with Crippen LogP contribution in [0.3, 0.4) is 0 Å². The van der Waals surface area contributed by atoms with Crippen LogP contribution in [-0.2, 0) is 11.2 Å². The van der Waals surface area contributed by atoms with Crippen molar-refractivity contribution in [2.45, 2.75) is 19.4 Å². The smallest absolute Gasteiger partial charge is 0.255 e. The van der Waals surface area contributed by atoms with Crippen molar-refractivity contribution in [2.75, 3.05) is 36.0 Å². The molecule has 1 fully saturated rings. The van der Waals surface area contributed by atoms with Crippen LogP contribution < -0.4 is 15.1 Å². The number of aldehydes is 1. The number of rotatable bonds is 7. The molecule has 32 heavy (non-hydrogen) atoms. The Labute approximate surface area is 188 Å². The molecule has 1 unspecified atom stereocenters. The van der Waals surface area contributed by atoms with E-state index in [1.54, 1.807) is 18.3 Å². The molecule has 1 saturated heterocycles. The zero-order chi connectivity index (χ0) is 22.3. The van der Waals surface area contributed by atoms with Gasteiger partial charge in [-0.3, -0.25) is 4.79 Å². The first-order valence-electron chi connectivity index (χ1n) is 11.0. The van der Waals surface area contributed by atoms with Crippen LogP contribution in [0.2, 0.25) is 0 Å². The van der Waals surface area contributed by atoms with E-state index in [1.165, 1.54) is 11.3 Å². The number of amides is 1. The van der Waals surface area contributed by atoms with Crippen molar-refractivity contribution in [3.05, 3.63) is 89.6 Å². The maximum Gasteiger partial charge on any atom is 0.255 e. The molecule has 2 aromatic carbocycles. The van der Waals surface area contributed by atoms with Gasteiger partial charge in [0.15, 0.2) is 0 Å². The highest BCUT2D eigenvalue weighted by Gasteiger charge is 2.24. The number of benzene rings is 2. The van der Waals surface area contributed by atoms with Gasteiger partial charge >= 0.3 is 0 Å². The largest absolute Gasteiger partial charge is 0.368 e. The molecule has 1 amide bonds. The summed E-state index contributed by atoms with van der Waals surface area (Å²) in [6, 6.07) is 21.0. The van der Waals surface area contributed by atoms with Crippen LogP contribution in [0.25, 0.3) is 0 Å². The molecule has 0 spiro atoms. The summed E-state index contributed by atoms with van der Waals surface area (Å²) in [5.74, 6) is 0.390. The molecule has 0 radical (unpaired) electrons. The molecule has 4 rings (SSSR count). The minimum Gasteiger partial charge on any atom is -0.368 e. The summed E-state index contributed by atoms with van der Waals surface area (Å²) in [6.07, 6.45) is 2.96. The molecule has 1 atom stereocenters. The van der Waals surface area contributed by atoms with Crippen LogP contribution in [0, 0.1) is 6.92 Å². The predicted octanol–water partition coefficient (Wildman–Crippen LogP) is 3.26. The molecule has 0 bridgehead atoms. The van der Waals surface area contributed by atoms with Gasteiger partial charge in [-0.15, -0.1) is 0 Å². The number of aryl methyl sites for hydroxylation is 1. The lowest BCUT2D eigenvalue weighted by Crippen LogP contribution is -2.48.